The summed E-state index contributed by atoms with van der Waals surface area (Å²) in [5.41, 5.74) is 0. The molecule has 4 heteroatoms. The van der Waals surface area contributed by atoms with E-state index in [1.165, 1.54) is 3.57 Å². The standard InChI is InChI=1S/C7H8ClIN2/c8-7(1-2-7)5-11-4-6(9)3-10-11/h3-4H,1-2,5H2. The largest absolute Gasteiger partial charge is 0.270 e. The van der Waals surface area contributed by atoms with Crippen molar-refractivity contribution in [1.29, 1.82) is 0 Å². The lowest BCUT2D eigenvalue weighted by Crippen LogP contribution is -2.10. The maximum absolute atomic E-state index is 6.12. The Morgan fingerprint density at radius 1 is 1.73 bits per heavy atom. The van der Waals surface area contributed by atoms with Crippen LogP contribution in [0.5, 0.6) is 0 Å². The Morgan fingerprint density at radius 2 is 2.45 bits per heavy atom. The van der Waals surface area contributed by atoms with Gasteiger partial charge in [0, 0.05) is 6.20 Å². The van der Waals surface area contributed by atoms with Gasteiger partial charge in [-0.15, -0.1) is 11.6 Å². The fourth-order valence-corrected chi connectivity index (χ4v) is 1.67. The highest BCUT2D eigenvalue weighted by Gasteiger charge is 2.40. The highest BCUT2D eigenvalue weighted by atomic mass is 127. The maximum atomic E-state index is 6.12. The van der Waals surface area contributed by atoms with Crippen LogP contribution >= 0.6 is 34.2 Å². The molecule has 1 aliphatic rings. The van der Waals surface area contributed by atoms with E-state index in [0.29, 0.717) is 0 Å². The van der Waals surface area contributed by atoms with E-state index in [9.17, 15) is 0 Å². The second-order valence-electron chi connectivity index (χ2n) is 3.01. The van der Waals surface area contributed by atoms with Crippen LogP contribution in [0.15, 0.2) is 12.4 Å². The van der Waals surface area contributed by atoms with E-state index in [1.54, 1.807) is 0 Å². The van der Waals surface area contributed by atoms with Gasteiger partial charge in [0.15, 0.2) is 0 Å². The van der Waals surface area contributed by atoms with Gasteiger partial charge in [-0.2, -0.15) is 5.10 Å². The molecule has 0 atom stereocenters. The second-order valence-corrected chi connectivity index (χ2v) is 5.05. The Kier molecular flexibility index (Phi) is 1.87. The fourth-order valence-electron chi connectivity index (χ4n) is 1.01. The van der Waals surface area contributed by atoms with E-state index in [-0.39, 0.29) is 4.87 Å². The Labute approximate surface area is 84.1 Å². The van der Waals surface area contributed by atoms with Gasteiger partial charge in [0.2, 0.25) is 0 Å². The predicted molar refractivity (Wildman–Crippen MR) is 52.8 cm³/mol. The van der Waals surface area contributed by atoms with Gasteiger partial charge in [-0.25, -0.2) is 0 Å². The third-order valence-corrected chi connectivity index (χ3v) is 2.89. The minimum Gasteiger partial charge on any atom is -0.270 e. The molecule has 0 N–H and O–H groups in total. The van der Waals surface area contributed by atoms with Crippen molar-refractivity contribution in [3.63, 3.8) is 0 Å². The average molecular weight is 283 g/mol. The summed E-state index contributed by atoms with van der Waals surface area (Å²) in [7, 11) is 0. The van der Waals surface area contributed by atoms with Crippen LogP contribution < -0.4 is 0 Å². The van der Waals surface area contributed by atoms with E-state index in [2.05, 4.69) is 27.7 Å². The van der Waals surface area contributed by atoms with Gasteiger partial charge in [0.05, 0.1) is 21.2 Å². The van der Waals surface area contributed by atoms with Crippen molar-refractivity contribution >= 4 is 34.2 Å². The zero-order valence-electron chi connectivity index (χ0n) is 5.93. The summed E-state index contributed by atoms with van der Waals surface area (Å²) in [5.74, 6) is 0. The van der Waals surface area contributed by atoms with E-state index < -0.39 is 0 Å². The topological polar surface area (TPSA) is 17.8 Å². The quantitative estimate of drug-likeness (QED) is 0.601. The molecular formula is C7H8ClIN2. The summed E-state index contributed by atoms with van der Waals surface area (Å²) < 4.78 is 3.09. The summed E-state index contributed by atoms with van der Waals surface area (Å²) in [4.78, 5) is 0.0368. The first-order chi connectivity index (χ1) is 5.18. The molecule has 1 aromatic rings. The molecule has 0 spiro atoms. The molecule has 2 nitrogen and oxygen atoms in total. The lowest BCUT2D eigenvalue weighted by atomic mass is 10.4. The van der Waals surface area contributed by atoms with Gasteiger partial charge in [-0.3, -0.25) is 4.68 Å². The molecule has 1 heterocycles. The summed E-state index contributed by atoms with van der Waals surface area (Å²) in [6.45, 7) is 0.859. The number of alkyl halides is 1. The van der Waals surface area contributed by atoms with E-state index in [4.69, 9.17) is 11.6 Å². The molecule has 1 saturated carbocycles. The first-order valence-corrected chi connectivity index (χ1v) is 5.01. The van der Waals surface area contributed by atoms with E-state index >= 15 is 0 Å². The highest BCUT2D eigenvalue weighted by Crippen LogP contribution is 2.43. The van der Waals surface area contributed by atoms with Crippen molar-refractivity contribution in [3.8, 4) is 0 Å². The SMILES string of the molecule is ClC1(Cn2cc(I)cn2)CC1. The average Bonchev–Trinajstić information content (AvgIpc) is 2.49. The van der Waals surface area contributed by atoms with Crippen LogP contribution in [-0.2, 0) is 6.54 Å². The zero-order chi connectivity index (χ0) is 7.90. The molecule has 0 amide bonds. The maximum Gasteiger partial charge on any atom is 0.0643 e. The molecule has 1 aromatic heterocycles. The van der Waals surface area contributed by atoms with Gasteiger partial charge in [-0.05, 0) is 35.4 Å². The second kappa shape index (κ2) is 2.62. The molecule has 0 unspecified atom stereocenters. The van der Waals surface area contributed by atoms with Crippen LogP contribution in [0.25, 0.3) is 0 Å². The van der Waals surface area contributed by atoms with Crippen molar-refractivity contribution in [1.82, 2.24) is 9.78 Å². The molecule has 60 valence electrons. The number of halogens is 2. The Hall–Kier alpha value is 0.230. The van der Waals surface area contributed by atoms with Crippen LogP contribution in [-0.4, -0.2) is 14.7 Å². The Bertz CT molecular complexity index is 267. The van der Waals surface area contributed by atoms with E-state index in [0.717, 1.165) is 19.4 Å². The lowest BCUT2D eigenvalue weighted by Gasteiger charge is -2.04. The summed E-state index contributed by atoms with van der Waals surface area (Å²) >= 11 is 8.37. The van der Waals surface area contributed by atoms with Crippen molar-refractivity contribution < 1.29 is 0 Å². The van der Waals surface area contributed by atoms with E-state index in [1.807, 2.05) is 17.1 Å². The number of nitrogens with zero attached hydrogens (tertiary/aromatic N) is 2. The van der Waals surface area contributed by atoms with Crippen molar-refractivity contribution in [2.45, 2.75) is 24.3 Å². The van der Waals surface area contributed by atoms with Crippen molar-refractivity contribution in [2.24, 2.45) is 0 Å². The number of rotatable bonds is 2. The number of hydrogen-bond acceptors (Lipinski definition) is 1. The predicted octanol–water partition coefficient (Wildman–Crippen LogP) is 2.26. The Balaban J connectivity index is 2.06. The molecular weight excluding hydrogens is 274 g/mol. The smallest absolute Gasteiger partial charge is 0.0643 e. The third-order valence-electron chi connectivity index (χ3n) is 1.84. The molecule has 1 fully saturated rings. The molecule has 0 saturated heterocycles. The monoisotopic (exact) mass is 282 g/mol. The summed E-state index contributed by atoms with van der Waals surface area (Å²) in [5, 5.41) is 4.17. The van der Waals surface area contributed by atoms with Crippen LogP contribution in [0.4, 0.5) is 0 Å². The van der Waals surface area contributed by atoms with Gasteiger partial charge >= 0.3 is 0 Å². The summed E-state index contributed by atoms with van der Waals surface area (Å²) in [6, 6.07) is 0. The zero-order valence-corrected chi connectivity index (χ0v) is 8.84. The summed E-state index contributed by atoms with van der Waals surface area (Å²) in [6.07, 6.45) is 6.13. The molecule has 11 heavy (non-hydrogen) atoms. The molecule has 0 aliphatic heterocycles. The first-order valence-electron chi connectivity index (χ1n) is 3.55. The minimum absolute atomic E-state index is 0.0368. The van der Waals surface area contributed by atoms with Crippen LogP contribution in [0, 0.1) is 3.57 Å². The molecule has 1 aliphatic carbocycles. The number of aromatic nitrogens is 2. The number of hydrogen-bond donors (Lipinski definition) is 0. The van der Waals surface area contributed by atoms with Gasteiger partial charge in [0.1, 0.15) is 0 Å². The van der Waals surface area contributed by atoms with Gasteiger partial charge in [0.25, 0.3) is 0 Å². The van der Waals surface area contributed by atoms with Crippen LogP contribution in [0.2, 0.25) is 0 Å². The van der Waals surface area contributed by atoms with Gasteiger partial charge < -0.3 is 0 Å². The fraction of sp³-hybridized carbons (Fsp3) is 0.571. The molecule has 0 bridgehead atoms. The van der Waals surface area contributed by atoms with Crippen LogP contribution in [0.1, 0.15) is 12.8 Å². The van der Waals surface area contributed by atoms with Gasteiger partial charge in [-0.1, -0.05) is 0 Å². The molecule has 2 rings (SSSR count). The van der Waals surface area contributed by atoms with Crippen molar-refractivity contribution in [2.75, 3.05) is 0 Å². The third kappa shape index (κ3) is 1.87. The molecule has 0 radical (unpaired) electrons. The Morgan fingerprint density at radius 3 is 2.91 bits per heavy atom. The normalized spacial score (nSPS) is 20.2. The van der Waals surface area contributed by atoms with Crippen molar-refractivity contribution in [3.05, 3.63) is 16.0 Å². The molecule has 0 aromatic carbocycles. The first kappa shape index (κ1) is 7.86. The lowest BCUT2D eigenvalue weighted by molar-refractivity contribution is 0.583. The minimum atomic E-state index is 0.0368. The van der Waals surface area contributed by atoms with Crippen LogP contribution in [0.3, 0.4) is 0 Å². The highest BCUT2D eigenvalue weighted by molar-refractivity contribution is 14.1.